The third-order valence-corrected chi connectivity index (χ3v) is 5.28. The smallest absolute Gasteiger partial charge is 0.162 e. The van der Waals surface area contributed by atoms with Crippen molar-refractivity contribution in [2.45, 2.75) is 13.0 Å². The number of fused-ring (bicyclic) bond motifs is 1. The van der Waals surface area contributed by atoms with Crippen LogP contribution in [0.1, 0.15) is 6.92 Å². The number of ether oxygens (including phenoxy) is 2. The Labute approximate surface area is 159 Å². The van der Waals surface area contributed by atoms with Crippen LogP contribution in [0.5, 0.6) is 11.5 Å². The molecule has 0 aliphatic carbocycles. The number of rotatable bonds is 7. The van der Waals surface area contributed by atoms with Gasteiger partial charge in [0.05, 0.1) is 19.7 Å². The Balaban J connectivity index is 1.82. The molecule has 26 heavy (non-hydrogen) atoms. The van der Waals surface area contributed by atoms with E-state index >= 15 is 0 Å². The Kier molecular flexibility index (Phi) is 6.42. The van der Waals surface area contributed by atoms with E-state index in [2.05, 4.69) is 32.5 Å². The molecule has 7 nitrogen and oxygen atoms in total. The van der Waals surface area contributed by atoms with Crippen LogP contribution in [0.3, 0.4) is 0 Å². The number of nitrogens with two attached hydrogens (primary N) is 1. The molecule has 0 radical (unpaired) electrons. The summed E-state index contributed by atoms with van der Waals surface area (Å²) in [5, 5.41) is 6.52. The van der Waals surface area contributed by atoms with Crippen molar-refractivity contribution >= 4 is 28.7 Å². The van der Waals surface area contributed by atoms with Crippen molar-refractivity contribution in [3.8, 4) is 11.5 Å². The van der Waals surface area contributed by atoms with Crippen LogP contribution in [-0.2, 0) is 0 Å². The molecule has 0 bridgehead atoms. The van der Waals surface area contributed by atoms with Crippen LogP contribution in [0.15, 0.2) is 24.4 Å². The molecule has 2 heterocycles. The Morgan fingerprint density at radius 1 is 1.27 bits per heavy atom. The van der Waals surface area contributed by atoms with Gasteiger partial charge in [-0.3, -0.25) is 15.0 Å². The first-order valence-electron chi connectivity index (χ1n) is 8.76. The zero-order valence-electron chi connectivity index (χ0n) is 15.6. The lowest BCUT2D eigenvalue weighted by atomic mass is 10.1. The van der Waals surface area contributed by atoms with Crippen molar-refractivity contribution in [1.29, 1.82) is 0 Å². The fraction of sp³-hybridized carbons (Fsp3) is 0.500. The van der Waals surface area contributed by atoms with Gasteiger partial charge in [-0.15, -0.1) is 0 Å². The Morgan fingerprint density at radius 2 is 2.04 bits per heavy atom. The molecular formula is C18H27N5O2S. The molecule has 0 saturated carbocycles. The predicted molar refractivity (Wildman–Crippen MR) is 108 cm³/mol. The SMILES string of the molecule is COc1cc2nccc(N3CCN(CCNSN)[C@H](C)C3)c2cc1OC. The van der Waals surface area contributed by atoms with Gasteiger partial charge >= 0.3 is 0 Å². The van der Waals surface area contributed by atoms with Crippen molar-refractivity contribution in [2.75, 3.05) is 51.8 Å². The van der Waals surface area contributed by atoms with Gasteiger partial charge in [-0.25, -0.2) is 4.72 Å². The van der Waals surface area contributed by atoms with E-state index in [9.17, 15) is 0 Å². The van der Waals surface area contributed by atoms with Gasteiger partial charge in [-0.05, 0) is 19.1 Å². The highest BCUT2D eigenvalue weighted by atomic mass is 32.2. The van der Waals surface area contributed by atoms with Crippen LogP contribution >= 0.6 is 12.1 Å². The number of anilines is 1. The van der Waals surface area contributed by atoms with Gasteiger partial charge in [0.1, 0.15) is 0 Å². The second kappa shape index (κ2) is 8.77. The average molecular weight is 378 g/mol. The first-order valence-corrected chi connectivity index (χ1v) is 9.64. The quantitative estimate of drug-likeness (QED) is 0.560. The molecule has 142 valence electrons. The third-order valence-electron chi connectivity index (χ3n) is 4.91. The van der Waals surface area contributed by atoms with Crippen LogP contribution in [0.2, 0.25) is 0 Å². The lowest BCUT2D eigenvalue weighted by molar-refractivity contribution is 0.193. The van der Waals surface area contributed by atoms with Crippen molar-refractivity contribution < 1.29 is 9.47 Å². The highest BCUT2D eigenvalue weighted by Gasteiger charge is 2.25. The van der Waals surface area contributed by atoms with Gasteiger partial charge in [0.25, 0.3) is 0 Å². The number of methoxy groups -OCH3 is 2. The molecule has 1 fully saturated rings. The summed E-state index contributed by atoms with van der Waals surface area (Å²) in [6.07, 6.45) is 1.86. The van der Waals surface area contributed by atoms with Crippen molar-refractivity contribution in [3.05, 3.63) is 24.4 Å². The van der Waals surface area contributed by atoms with Gasteiger partial charge in [0.2, 0.25) is 0 Å². The molecule has 1 atom stereocenters. The number of nitrogens with zero attached hydrogens (tertiary/aromatic N) is 3. The minimum Gasteiger partial charge on any atom is -0.493 e. The Bertz CT molecular complexity index is 745. The second-order valence-corrected chi connectivity index (χ2v) is 6.92. The molecule has 0 unspecified atom stereocenters. The zero-order chi connectivity index (χ0) is 18.5. The highest BCUT2D eigenvalue weighted by Crippen LogP contribution is 2.36. The largest absolute Gasteiger partial charge is 0.493 e. The molecular weight excluding hydrogens is 350 g/mol. The number of hydrogen-bond acceptors (Lipinski definition) is 8. The molecule has 1 aliphatic heterocycles. The molecule has 1 aliphatic rings. The van der Waals surface area contributed by atoms with Crippen molar-refractivity contribution in [1.82, 2.24) is 14.6 Å². The zero-order valence-corrected chi connectivity index (χ0v) is 16.4. The maximum absolute atomic E-state index is 5.48. The first-order chi connectivity index (χ1) is 12.7. The second-order valence-electron chi connectivity index (χ2n) is 6.40. The van der Waals surface area contributed by atoms with Gasteiger partial charge < -0.3 is 14.4 Å². The summed E-state index contributed by atoms with van der Waals surface area (Å²) in [6, 6.07) is 6.52. The molecule has 1 aromatic heterocycles. The summed E-state index contributed by atoms with van der Waals surface area (Å²) in [6.45, 7) is 7.14. The maximum Gasteiger partial charge on any atom is 0.162 e. The average Bonchev–Trinajstić information content (AvgIpc) is 2.67. The molecule has 3 rings (SSSR count). The topological polar surface area (TPSA) is 75.9 Å². The summed E-state index contributed by atoms with van der Waals surface area (Å²) in [4.78, 5) is 9.44. The minimum absolute atomic E-state index is 0.469. The molecule has 3 N–H and O–H groups in total. The maximum atomic E-state index is 5.48. The number of aromatic nitrogens is 1. The van der Waals surface area contributed by atoms with E-state index in [1.54, 1.807) is 14.2 Å². The summed E-state index contributed by atoms with van der Waals surface area (Å²) >= 11 is 1.18. The molecule has 1 saturated heterocycles. The summed E-state index contributed by atoms with van der Waals surface area (Å²) in [5.74, 6) is 1.43. The van der Waals surface area contributed by atoms with E-state index in [4.69, 9.17) is 14.6 Å². The van der Waals surface area contributed by atoms with E-state index in [0.717, 1.165) is 49.4 Å². The lowest BCUT2D eigenvalue weighted by Crippen LogP contribution is -2.53. The fourth-order valence-corrected chi connectivity index (χ4v) is 3.74. The van der Waals surface area contributed by atoms with Crippen molar-refractivity contribution in [3.63, 3.8) is 0 Å². The molecule has 0 amide bonds. The van der Waals surface area contributed by atoms with Crippen LogP contribution in [0.25, 0.3) is 10.9 Å². The van der Waals surface area contributed by atoms with E-state index in [1.807, 2.05) is 18.3 Å². The van der Waals surface area contributed by atoms with Gasteiger partial charge in [-0.1, -0.05) is 0 Å². The van der Waals surface area contributed by atoms with Gasteiger partial charge in [0, 0.05) is 74.2 Å². The predicted octanol–water partition coefficient (Wildman–Crippen LogP) is 1.87. The molecule has 8 heteroatoms. The Hall–Kier alpha value is -1.74. The van der Waals surface area contributed by atoms with Crippen LogP contribution in [0.4, 0.5) is 5.69 Å². The Morgan fingerprint density at radius 3 is 2.73 bits per heavy atom. The first kappa shape index (κ1) is 19.0. The minimum atomic E-state index is 0.469. The number of pyridine rings is 1. The number of piperazine rings is 1. The molecule has 1 aromatic carbocycles. The lowest BCUT2D eigenvalue weighted by Gasteiger charge is -2.41. The van der Waals surface area contributed by atoms with E-state index < -0.39 is 0 Å². The third kappa shape index (κ3) is 3.98. The van der Waals surface area contributed by atoms with Crippen LogP contribution in [0, 0.1) is 0 Å². The molecule has 0 spiro atoms. The van der Waals surface area contributed by atoms with Crippen LogP contribution in [-0.4, -0.2) is 62.9 Å². The standard InChI is InChI=1S/C18H27N5O2S/c1-13-12-23(9-8-22(13)7-6-21-26-19)16-4-5-20-15-11-18(25-3)17(24-2)10-14(15)16/h4-5,10-11,13,21H,6-9,12,19H2,1-3H3/t13-/m1/s1. The van der Waals surface area contributed by atoms with E-state index in [0.29, 0.717) is 11.8 Å². The number of benzene rings is 1. The number of hydrogen-bond donors (Lipinski definition) is 2. The fourth-order valence-electron chi connectivity index (χ4n) is 3.53. The van der Waals surface area contributed by atoms with Crippen molar-refractivity contribution in [2.24, 2.45) is 5.14 Å². The van der Waals surface area contributed by atoms with Gasteiger partial charge in [0.15, 0.2) is 11.5 Å². The monoisotopic (exact) mass is 377 g/mol. The summed E-state index contributed by atoms with van der Waals surface area (Å²) < 4.78 is 14.0. The van der Waals surface area contributed by atoms with E-state index in [-0.39, 0.29) is 0 Å². The highest BCUT2D eigenvalue weighted by molar-refractivity contribution is 7.95. The number of nitrogens with one attached hydrogen (secondary N) is 1. The molecule has 2 aromatic rings. The normalized spacial score (nSPS) is 18.3. The van der Waals surface area contributed by atoms with E-state index in [1.165, 1.54) is 17.8 Å². The summed E-state index contributed by atoms with van der Waals surface area (Å²) in [7, 11) is 3.31. The summed E-state index contributed by atoms with van der Waals surface area (Å²) in [5.41, 5.74) is 2.11. The van der Waals surface area contributed by atoms with Gasteiger partial charge in [-0.2, -0.15) is 0 Å². The van der Waals surface area contributed by atoms with Crippen LogP contribution < -0.4 is 24.2 Å².